The van der Waals surface area contributed by atoms with Gasteiger partial charge in [-0.05, 0) is 0 Å². The molecule has 0 atom stereocenters. The second-order valence-corrected chi connectivity index (χ2v) is 2.19. The molecule has 2 rings (SSSR count). The minimum Gasteiger partial charge on any atom is -0.366 e. The molecule has 13 heavy (non-hydrogen) atoms. The normalized spacial score (nSPS) is 9.85. The fourth-order valence-electron chi connectivity index (χ4n) is 0.806. The Labute approximate surface area is 73.1 Å². The maximum atomic E-state index is 5.34. The zero-order chi connectivity index (χ0) is 9.10. The molecule has 2 aromatic rings. The number of aromatic nitrogens is 6. The van der Waals surface area contributed by atoms with Crippen LogP contribution in [0, 0.1) is 0 Å². The Kier molecular flexibility index (Phi) is 1.75. The molecule has 0 saturated heterocycles. The highest BCUT2D eigenvalue weighted by Crippen LogP contribution is 2.09. The van der Waals surface area contributed by atoms with Gasteiger partial charge in [-0.2, -0.15) is 5.10 Å². The highest BCUT2D eigenvalue weighted by molar-refractivity contribution is 5.51. The summed E-state index contributed by atoms with van der Waals surface area (Å²) in [5.74, 6) is 0.100. The van der Waals surface area contributed by atoms with Gasteiger partial charge in [0.05, 0.1) is 12.4 Å². The van der Waals surface area contributed by atoms with Gasteiger partial charge in [0.25, 0.3) is 0 Å². The molecule has 0 amide bonds. The predicted octanol–water partition coefficient (Wildman–Crippen LogP) is -0.694. The summed E-state index contributed by atoms with van der Waals surface area (Å²) in [5, 5.41) is 14.5. The zero-order valence-electron chi connectivity index (χ0n) is 6.49. The van der Waals surface area contributed by atoms with Crippen LogP contribution in [0.25, 0.3) is 11.4 Å². The average Bonchev–Trinajstić information content (AvgIpc) is 2.19. The van der Waals surface area contributed by atoms with Gasteiger partial charge in [-0.25, -0.2) is 9.97 Å². The number of nitrogen functional groups attached to an aromatic ring is 1. The van der Waals surface area contributed by atoms with Crippen molar-refractivity contribution in [3.63, 3.8) is 0 Å². The number of rotatable bonds is 1. The first-order chi connectivity index (χ1) is 6.36. The van der Waals surface area contributed by atoms with E-state index in [1.807, 2.05) is 0 Å². The Morgan fingerprint density at radius 3 is 2.62 bits per heavy atom. The summed E-state index contributed by atoms with van der Waals surface area (Å²) >= 11 is 0. The molecular formula is C6H5N7. The molecule has 2 heterocycles. The highest BCUT2D eigenvalue weighted by atomic mass is 15.2. The summed E-state index contributed by atoms with van der Waals surface area (Å²) < 4.78 is 0. The van der Waals surface area contributed by atoms with Gasteiger partial charge in [0.15, 0.2) is 0 Å². The Bertz CT molecular complexity index is 401. The van der Waals surface area contributed by atoms with E-state index in [1.165, 1.54) is 18.7 Å². The minimum absolute atomic E-state index is 0.100. The number of hydrogen-bond acceptors (Lipinski definition) is 7. The lowest BCUT2D eigenvalue weighted by atomic mass is 10.3. The summed E-state index contributed by atoms with van der Waals surface area (Å²) in [5.41, 5.74) is 6.37. The third-order valence-electron chi connectivity index (χ3n) is 1.32. The summed E-state index contributed by atoms with van der Waals surface area (Å²) in [6, 6.07) is 0. The van der Waals surface area contributed by atoms with E-state index in [9.17, 15) is 0 Å². The third-order valence-corrected chi connectivity index (χ3v) is 1.32. The molecule has 64 valence electrons. The molecular weight excluding hydrogens is 170 g/mol. The molecule has 0 aliphatic heterocycles. The Morgan fingerprint density at radius 1 is 1.00 bits per heavy atom. The summed E-state index contributed by atoms with van der Waals surface area (Å²) in [4.78, 5) is 7.69. The van der Waals surface area contributed by atoms with E-state index in [0.29, 0.717) is 11.4 Å². The smallest absolute Gasteiger partial charge is 0.240 e. The molecule has 0 aliphatic rings. The quantitative estimate of drug-likeness (QED) is 0.611. The summed E-state index contributed by atoms with van der Waals surface area (Å²) in [7, 11) is 0. The van der Waals surface area contributed by atoms with Crippen molar-refractivity contribution in [2.24, 2.45) is 0 Å². The molecule has 0 aliphatic carbocycles. The molecule has 0 saturated carbocycles. The highest BCUT2D eigenvalue weighted by Gasteiger charge is 2.02. The van der Waals surface area contributed by atoms with Crippen LogP contribution in [0.3, 0.4) is 0 Å². The van der Waals surface area contributed by atoms with Crippen LogP contribution in [0.5, 0.6) is 0 Å². The summed E-state index contributed by atoms with van der Waals surface area (Å²) in [6.45, 7) is 0. The van der Waals surface area contributed by atoms with Gasteiger partial charge in [-0.3, -0.25) is 0 Å². The monoisotopic (exact) mass is 175 g/mol. The van der Waals surface area contributed by atoms with Crippen molar-refractivity contribution in [3.05, 3.63) is 18.7 Å². The van der Waals surface area contributed by atoms with Crippen LogP contribution in [0.15, 0.2) is 18.7 Å². The molecule has 7 nitrogen and oxygen atoms in total. The molecule has 0 fully saturated rings. The van der Waals surface area contributed by atoms with Crippen LogP contribution < -0.4 is 5.73 Å². The predicted molar refractivity (Wildman–Crippen MR) is 43.1 cm³/mol. The number of nitrogens with zero attached hydrogens (tertiary/aromatic N) is 6. The molecule has 0 aromatic carbocycles. The largest absolute Gasteiger partial charge is 0.366 e. The SMILES string of the molecule is Nc1nncc(-c2cncnn2)n1. The molecule has 0 unspecified atom stereocenters. The lowest BCUT2D eigenvalue weighted by Crippen LogP contribution is -1.99. The Balaban J connectivity index is 2.48. The zero-order valence-corrected chi connectivity index (χ0v) is 6.49. The van der Waals surface area contributed by atoms with Crippen molar-refractivity contribution in [2.45, 2.75) is 0 Å². The van der Waals surface area contributed by atoms with E-state index in [2.05, 4.69) is 30.4 Å². The molecule has 2 aromatic heterocycles. The van der Waals surface area contributed by atoms with Crippen LogP contribution in [-0.4, -0.2) is 30.4 Å². The van der Waals surface area contributed by atoms with Gasteiger partial charge < -0.3 is 5.73 Å². The standard InChI is InChI=1S/C6H5N7/c7-6-11-4(2-9-13-6)5-1-8-3-10-12-5/h1-3H,(H2,7,11,13). The number of nitrogens with two attached hydrogens (primary N) is 1. The van der Waals surface area contributed by atoms with Crippen molar-refractivity contribution in [1.82, 2.24) is 30.4 Å². The van der Waals surface area contributed by atoms with Crippen LogP contribution >= 0.6 is 0 Å². The van der Waals surface area contributed by atoms with Gasteiger partial charge in [0.2, 0.25) is 5.95 Å². The average molecular weight is 175 g/mol. The van der Waals surface area contributed by atoms with Gasteiger partial charge >= 0.3 is 0 Å². The van der Waals surface area contributed by atoms with E-state index >= 15 is 0 Å². The van der Waals surface area contributed by atoms with Gasteiger partial charge in [0.1, 0.15) is 17.7 Å². The fraction of sp³-hybridized carbons (Fsp3) is 0. The van der Waals surface area contributed by atoms with E-state index in [0.717, 1.165) is 0 Å². The van der Waals surface area contributed by atoms with E-state index < -0.39 is 0 Å². The van der Waals surface area contributed by atoms with Crippen molar-refractivity contribution >= 4 is 5.95 Å². The number of hydrogen-bond donors (Lipinski definition) is 1. The maximum absolute atomic E-state index is 5.34. The van der Waals surface area contributed by atoms with E-state index in [-0.39, 0.29) is 5.95 Å². The maximum Gasteiger partial charge on any atom is 0.240 e. The first kappa shape index (κ1) is 7.47. The van der Waals surface area contributed by atoms with Crippen molar-refractivity contribution in [1.29, 1.82) is 0 Å². The van der Waals surface area contributed by atoms with Crippen molar-refractivity contribution < 1.29 is 0 Å². The van der Waals surface area contributed by atoms with Crippen molar-refractivity contribution in [3.8, 4) is 11.4 Å². The van der Waals surface area contributed by atoms with Gasteiger partial charge in [-0.1, -0.05) is 0 Å². The van der Waals surface area contributed by atoms with Crippen molar-refractivity contribution in [2.75, 3.05) is 5.73 Å². The second kappa shape index (κ2) is 3.05. The molecule has 0 spiro atoms. The lowest BCUT2D eigenvalue weighted by molar-refractivity contribution is 0.945. The van der Waals surface area contributed by atoms with Gasteiger partial charge in [0, 0.05) is 0 Å². The fourth-order valence-corrected chi connectivity index (χ4v) is 0.806. The molecule has 0 bridgehead atoms. The van der Waals surface area contributed by atoms with Crippen LogP contribution in [0.1, 0.15) is 0 Å². The molecule has 7 heteroatoms. The first-order valence-electron chi connectivity index (χ1n) is 3.44. The lowest BCUT2D eigenvalue weighted by Gasteiger charge is -1.95. The molecule has 2 N–H and O–H groups in total. The van der Waals surface area contributed by atoms with E-state index in [1.54, 1.807) is 0 Å². The number of anilines is 1. The Hall–Kier alpha value is -2.18. The van der Waals surface area contributed by atoms with Crippen LogP contribution in [0.2, 0.25) is 0 Å². The Morgan fingerprint density at radius 2 is 1.92 bits per heavy atom. The molecule has 0 radical (unpaired) electrons. The summed E-state index contributed by atoms with van der Waals surface area (Å²) in [6.07, 6.45) is 4.31. The van der Waals surface area contributed by atoms with Crippen LogP contribution in [0.4, 0.5) is 5.95 Å². The second-order valence-electron chi connectivity index (χ2n) is 2.19. The first-order valence-corrected chi connectivity index (χ1v) is 3.44. The third kappa shape index (κ3) is 1.53. The van der Waals surface area contributed by atoms with E-state index in [4.69, 9.17) is 5.73 Å². The van der Waals surface area contributed by atoms with Crippen LogP contribution in [-0.2, 0) is 0 Å². The van der Waals surface area contributed by atoms with Gasteiger partial charge in [-0.15, -0.1) is 15.3 Å². The topological polar surface area (TPSA) is 103 Å². The minimum atomic E-state index is 0.100.